The number of fused-ring (bicyclic) bond motifs is 3. The van der Waals surface area contributed by atoms with Crippen molar-refractivity contribution in [1.29, 1.82) is 0 Å². The highest BCUT2D eigenvalue weighted by molar-refractivity contribution is 8.00. The molecule has 1 heterocycles. The predicted octanol–water partition coefficient (Wildman–Crippen LogP) is 10.9. The van der Waals surface area contributed by atoms with E-state index in [0.29, 0.717) is 0 Å². The number of benzene rings is 7. The molecule has 7 aromatic rings. The van der Waals surface area contributed by atoms with Crippen molar-refractivity contribution in [2.45, 2.75) is 22.9 Å². The van der Waals surface area contributed by atoms with Crippen LogP contribution in [0.15, 0.2) is 174 Å². The molecule has 3 heteroatoms. The molecule has 0 spiro atoms. The largest absolute Gasteiger partial charge is 0.310 e. The van der Waals surface area contributed by atoms with Crippen LogP contribution in [0, 0.1) is 0 Å². The standard InChI is InChI=1S/C42H33NSSi/c1-45(2)41-18-9-8-17-39(41)44-40-28-23-34(29-42(40)45)32-21-26-36(27-22-32)43(38-16-10-14-33-13-6-7-15-37(33)38)35-24-19-31(20-25-35)30-11-4-3-5-12-30/h3-29H,1-2H3. The third-order valence-electron chi connectivity index (χ3n) is 9.13. The van der Waals surface area contributed by atoms with Crippen molar-refractivity contribution in [3.63, 3.8) is 0 Å². The minimum Gasteiger partial charge on any atom is -0.310 e. The van der Waals surface area contributed by atoms with E-state index in [1.165, 1.54) is 53.7 Å². The minimum atomic E-state index is -1.80. The lowest BCUT2D eigenvalue weighted by Gasteiger charge is -2.33. The van der Waals surface area contributed by atoms with Gasteiger partial charge in [0.05, 0.1) is 5.69 Å². The molecule has 0 amide bonds. The van der Waals surface area contributed by atoms with E-state index in [-0.39, 0.29) is 0 Å². The van der Waals surface area contributed by atoms with Gasteiger partial charge in [-0.25, -0.2) is 0 Å². The van der Waals surface area contributed by atoms with E-state index in [4.69, 9.17) is 0 Å². The molecular formula is C42H33NSSi. The Labute approximate surface area is 270 Å². The molecule has 0 aliphatic carbocycles. The van der Waals surface area contributed by atoms with Crippen LogP contribution >= 0.6 is 11.8 Å². The molecule has 0 fully saturated rings. The predicted molar refractivity (Wildman–Crippen MR) is 197 cm³/mol. The Morgan fingerprint density at radius 3 is 1.76 bits per heavy atom. The fourth-order valence-electron chi connectivity index (χ4n) is 6.69. The van der Waals surface area contributed by atoms with Crippen LogP contribution < -0.4 is 15.3 Å². The van der Waals surface area contributed by atoms with Gasteiger partial charge in [-0.3, -0.25) is 0 Å². The molecule has 0 aromatic heterocycles. The highest BCUT2D eigenvalue weighted by atomic mass is 32.2. The van der Waals surface area contributed by atoms with Gasteiger partial charge in [0.2, 0.25) is 0 Å². The van der Waals surface area contributed by atoms with Crippen molar-refractivity contribution in [3.05, 3.63) is 164 Å². The Kier molecular flexibility index (Phi) is 6.93. The molecule has 1 nitrogen and oxygen atoms in total. The van der Waals surface area contributed by atoms with Crippen LogP contribution in [0.25, 0.3) is 33.0 Å². The summed E-state index contributed by atoms with van der Waals surface area (Å²) in [6.45, 7) is 4.98. The van der Waals surface area contributed by atoms with Gasteiger partial charge in [0, 0.05) is 26.6 Å². The summed E-state index contributed by atoms with van der Waals surface area (Å²) < 4.78 is 0. The maximum Gasteiger partial charge on any atom is 0.115 e. The van der Waals surface area contributed by atoms with Crippen molar-refractivity contribution in [1.82, 2.24) is 0 Å². The number of hydrogen-bond donors (Lipinski definition) is 0. The zero-order valence-electron chi connectivity index (χ0n) is 25.4. The van der Waals surface area contributed by atoms with Gasteiger partial charge in [-0.1, -0.05) is 146 Å². The first-order valence-corrected chi connectivity index (χ1v) is 19.3. The Balaban J connectivity index is 1.19. The molecule has 0 atom stereocenters. The molecule has 1 aliphatic rings. The highest BCUT2D eigenvalue weighted by Gasteiger charge is 2.35. The Hall–Kier alpha value is -4.83. The van der Waals surface area contributed by atoms with Gasteiger partial charge in [0.1, 0.15) is 8.07 Å². The SMILES string of the molecule is C[Si]1(C)c2ccccc2Sc2ccc(-c3ccc(N(c4ccc(-c5ccccc5)cc4)c4cccc5ccccc45)cc3)cc21. The van der Waals surface area contributed by atoms with Crippen LogP contribution in [0.4, 0.5) is 17.1 Å². The van der Waals surface area contributed by atoms with E-state index < -0.39 is 8.07 Å². The second-order valence-corrected chi connectivity index (χ2v) is 17.6. The number of rotatable bonds is 5. The van der Waals surface area contributed by atoms with Crippen LogP contribution in [-0.4, -0.2) is 8.07 Å². The molecule has 45 heavy (non-hydrogen) atoms. The van der Waals surface area contributed by atoms with Gasteiger partial charge in [-0.2, -0.15) is 0 Å². The molecule has 0 bridgehead atoms. The van der Waals surface area contributed by atoms with Gasteiger partial charge >= 0.3 is 0 Å². The van der Waals surface area contributed by atoms with Crippen molar-refractivity contribution in [2.75, 3.05) is 4.90 Å². The average molecular weight is 612 g/mol. The maximum absolute atomic E-state index is 2.49. The van der Waals surface area contributed by atoms with Crippen LogP contribution in [0.5, 0.6) is 0 Å². The summed E-state index contributed by atoms with van der Waals surface area (Å²) in [5.74, 6) is 0. The summed E-state index contributed by atoms with van der Waals surface area (Å²) in [4.78, 5) is 5.22. The molecular weight excluding hydrogens is 579 g/mol. The van der Waals surface area contributed by atoms with Crippen molar-refractivity contribution >= 4 is 58.0 Å². The second-order valence-electron chi connectivity index (χ2n) is 12.2. The molecule has 1 aliphatic heterocycles. The van der Waals surface area contributed by atoms with E-state index in [2.05, 4.69) is 182 Å². The molecule has 216 valence electrons. The molecule has 8 rings (SSSR count). The normalized spacial score (nSPS) is 13.2. The summed E-state index contributed by atoms with van der Waals surface area (Å²) in [5, 5.41) is 5.54. The van der Waals surface area contributed by atoms with Crippen molar-refractivity contribution in [3.8, 4) is 22.3 Å². The molecule has 0 unspecified atom stereocenters. The van der Waals surface area contributed by atoms with E-state index >= 15 is 0 Å². The van der Waals surface area contributed by atoms with Crippen LogP contribution in [-0.2, 0) is 0 Å². The molecule has 7 aromatic carbocycles. The van der Waals surface area contributed by atoms with Gasteiger partial charge < -0.3 is 4.90 Å². The first kappa shape index (κ1) is 27.7. The summed E-state index contributed by atoms with van der Waals surface area (Å²) in [6.07, 6.45) is 0. The smallest absolute Gasteiger partial charge is 0.115 e. The lowest BCUT2D eigenvalue weighted by molar-refractivity contribution is 1.30. The minimum absolute atomic E-state index is 1.14. The maximum atomic E-state index is 2.49. The van der Waals surface area contributed by atoms with Crippen LogP contribution in [0.1, 0.15) is 0 Å². The van der Waals surface area contributed by atoms with E-state index in [0.717, 1.165) is 11.4 Å². The third-order valence-corrected chi connectivity index (χ3v) is 14.2. The summed E-state index contributed by atoms with van der Waals surface area (Å²) >= 11 is 1.92. The highest BCUT2D eigenvalue weighted by Crippen LogP contribution is 2.40. The van der Waals surface area contributed by atoms with Crippen LogP contribution in [0.3, 0.4) is 0 Å². The van der Waals surface area contributed by atoms with E-state index in [1.807, 2.05) is 11.8 Å². The van der Waals surface area contributed by atoms with Gasteiger partial charge in [-0.15, -0.1) is 0 Å². The van der Waals surface area contributed by atoms with Crippen molar-refractivity contribution < 1.29 is 0 Å². The van der Waals surface area contributed by atoms with Crippen molar-refractivity contribution in [2.24, 2.45) is 0 Å². The summed E-state index contributed by atoms with van der Waals surface area (Å²) in [7, 11) is -1.80. The number of anilines is 3. The molecule has 0 saturated heterocycles. The summed E-state index contributed by atoms with van der Waals surface area (Å²) in [6, 6.07) is 59.9. The van der Waals surface area contributed by atoms with E-state index in [1.54, 1.807) is 5.19 Å². The van der Waals surface area contributed by atoms with Gasteiger partial charge in [0.15, 0.2) is 0 Å². The second kappa shape index (κ2) is 11.3. The molecule has 0 radical (unpaired) electrons. The van der Waals surface area contributed by atoms with Crippen LogP contribution in [0.2, 0.25) is 13.1 Å². The number of nitrogens with zero attached hydrogens (tertiary/aromatic N) is 1. The number of hydrogen-bond acceptors (Lipinski definition) is 2. The fourth-order valence-corrected chi connectivity index (χ4v) is 12.1. The first-order valence-electron chi connectivity index (χ1n) is 15.5. The van der Waals surface area contributed by atoms with Gasteiger partial charge in [-0.05, 0) is 80.5 Å². The monoisotopic (exact) mass is 611 g/mol. The molecule has 0 N–H and O–H groups in total. The van der Waals surface area contributed by atoms with E-state index in [9.17, 15) is 0 Å². The summed E-state index contributed by atoms with van der Waals surface area (Å²) in [5.41, 5.74) is 8.41. The lowest BCUT2D eigenvalue weighted by Crippen LogP contribution is -2.56. The first-order chi connectivity index (χ1) is 22.1. The molecule has 0 saturated carbocycles. The fraction of sp³-hybridized carbons (Fsp3) is 0.0476. The average Bonchev–Trinajstić information content (AvgIpc) is 3.10. The Morgan fingerprint density at radius 1 is 0.444 bits per heavy atom. The van der Waals surface area contributed by atoms with Gasteiger partial charge in [0.25, 0.3) is 0 Å². The zero-order chi connectivity index (χ0) is 30.4. The zero-order valence-corrected chi connectivity index (χ0v) is 27.3. The third kappa shape index (κ3) is 4.99. The topological polar surface area (TPSA) is 3.24 Å². The lowest BCUT2D eigenvalue weighted by atomic mass is 10.0. The Bertz CT molecular complexity index is 2150. The Morgan fingerprint density at radius 2 is 1.00 bits per heavy atom. The quantitative estimate of drug-likeness (QED) is 0.178.